The van der Waals surface area contributed by atoms with Gasteiger partial charge in [-0.05, 0) is 42.8 Å². The lowest BCUT2D eigenvalue weighted by Crippen LogP contribution is -2.49. The first-order valence-electron chi connectivity index (χ1n) is 10.7. The third-order valence-electron chi connectivity index (χ3n) is 6.70. The van der Waals surface area contributed by atoms with Gasteiger partial charge in [-0.3, -0.25) is 0 Å². The molecule has 4 rings (SSSR count). The van der Waals surface area contributed by atoms with E-state index >= 15 is 0 Å². The van der Waals surface area contributed by atoms with E-state index in [4.69, 9.17) is 9.16 Å². The molecule has 2 heterocycles. The molecule has 154 valence electrons. The summed E-state index contributed by atoms with van der Waals surface area (Å²) in [7, 11) is -2.07. The van der Waals surface area contributed by atoms with Gasteiger partial charge in [0.1, 0.15) is 0 Å². The van der Waals surface area contributed by atoms with E-state index in [-0.39, 0.29) is 11.1 Å². The molecule has 3 aromatic rings. The second kappa shape index (κ2) is 7.12. The van der Waals surface area contributed by atoms with Crippen LogP contribution < -0.4 is 0 Å². The van der Waals surface area contributed by atoms with Crippen molar-refractivity contribution in [3.63, 3.8) is 0 Å². The summed E-state index contributed by atoms with van der Waals surface area (Å²) >= 11 is 0. The van der Waals surface area contributed by atoms with E-state index in [1.54, 1.807) is 0 Å². The maximum absolute atomic E-state index is 7.09. The van der Waals surface area contributed by atoms with Crippen LogP contribution in [0.2, 0.25) is 18.1 Å². The van der Waals surface area contributed by atoms with Gasteiger partial charge in [0, 0.05) is 23.9 Å². The minimum atomic E-state index is -2.07. The van der Waals surface area contributed by atoms with Crippen LogP contribution in [0.3, 0.4) is 0 Å². The summed E-state index contributed by atoms with van der Waals surface area (Å²) in [5.74, 6) is -0.711. The fraction of sp³-hybridized carbons (Fsp3) is 0.440. The summed E-state index contributed by atoms with van der Waals surface area (Å²) in [5.41, 5.74) is 3.70. The van der Waals surface area contributed by atoms with Crippen molar-refractivity contribution in [3.8, 4) is 0 Å². The molecule has 3 nitrogen and oxygen atoms in total. The minimum absolute atomic E-state index is 0.110. The van der Waals surface area contributed by atoms with Gasteiger partial charge >= 0.3 is 0 Å². The van der Waals surface area contributed by atoms with Gasteiger partial charge in [-0.1, -0.05) is 69.3 Å². The Hall–Kier alpha value is -1.88. The van der Waals surface area contributed by atoms with Gasteiger partial charge in [-0.15, -0.1) is 0 Å². The third-order valence-corrected chi connectivity index (χ3v) is 11.2. The Balaban J connectivity index is 1.92. The first kappa shape index (κ1) is 20.4. The number of nitrogens with zero attached hydrogens (tertiary/aromatic N) is 1. The molecule has 0 aliphatic carbocycles. The zero-order valence-electron chi connectivity index (χ0n) is 18.5. The van der Waals surface area contributed by atoms with Crippen molar-refractivity contribution in [1.82, 2.24) is 4.57 Å². The van der Waals surface area contributed by atoms with Crippen LogP contribution in [-0.2, 0) is 14.9 Å². The van der Waals surface area contributed by atoms with Crippen molar-refractivity contribution in [2.24, 2.45) is 0 Å². The first-order chi connectivity index (χ1) is 13.7. The number of fused-ring (bicyclic) bond motifs is 3. The predicted molar refractivity (Wildman–Crippen MR) is 123 cm³/mol. The Kier molecular flexibility index (Phi) is 5.00. The smallest absolute Gasteiger partial charge is 0.203 e. The highest BCUT2D eigenvalue weighted by Crippen LogP contribution is 2.52. The highest BCUT2D eigenvalue weighted by Gasteiger charge is 2.53. The lowest BCUT2D eigenvalue weighted by Gasteiger charge is -2.43. The largest absolute Gasteiger partial charge is 0.385 e. The molecule has 1 aromatic heterocycles. The summed E-state index contributed by atoms with van der Waals surface area (Å²) in [6.07, 6.45) is 0.803. The molecule has 0 radical (unpaired) electrons. The zero-order chi connectivity index (χ0) is 20.9. The molecule has 0 amide bonds. The standard InChI is InChI=1S/C25H33NO2Si/c1-7-27-25(28-29(5,6)24(2,3)4)18-22(19-13-9-8-10-14-19)26-21-16-12-11-15-20(21)17-23(25)26/h8-17,22H,7,18H2,1-6H3. The summed E-state index contributed by atoms with van der Waals surface area (Å²) in [6.45, 7) is 14.2. The van der Waals surface area contributed by atoms with Gasteiger partial charge in [0.2, 0.25) is 5.79 Å². The SMILES string of the molecule is CCOC1(O[Si](C)(C)C(C)(C)C)CC(c2ccccc2)n2c1cc1ccccc12. The topological polar surface area (TPSA) is 23.4 Å². The van der Waals surface area contributed by atoms with Gasteiger partial charge in [-0.2, -0.15) is 0 Å². The molecule has 0 bridgehead atoms. The van der Waals surface area contributed by atoms with Crippen LogP contribution in [0.25, 0.3) is 10.9 Å². The number of hydrogen-bond acceptors (Lipinski definition) is 2. The van der Waals surface area contributed by atoms with E-state index in [1.165, 1.54) is 16.5 Å². The first-order valence-corrected chi connectivity index (χ1v) is 13.6. The second-order valence-corrected chi connectivity index (χ2v) is 14.4. The van der Waals surface area contributed by atoms with Crippen LogP contribution in [0.1, 0.15) is 51.4 Å². The van der Waals surface area contributed by atoms with Crippen LogP contribution in [-0.4, -0.2) is 19.5 Å². The molecular weight excluding hydrogens is 374 g/mol. The van der Waals surface area contributed by atoms with Crippen LogP contribution >= 0.6 is 0 Å². The van der Waals surface area contributed by atoms with Crippen molar-refractivity contribution in [2.75, 3.05) is 6.61 Å². The van der Waals surface area contributed by atoms with Gasteiger partial charge in [-0.25, -0.2) is 0 Å². The molecule has 2 unspecified atom stereocenters. The average Bonchev–Trinajstić information content (AvgIpc) is 3.18. The lowest BCUT2D eigenvalue weighted by molar-refractivity contribution is -0.196. The molecule has 29 heavy (non-hydrogen) atoms. The Labute approximate surface area is 175 Å². The summed E-state index contributed by atoms with van der Waals surface area (Å²) in [5, 5.41) is 1.35. The van der Waals surface area contributed by atoms with E-state index in [2.05, 4.69) is 106 Å². The fourth-order valence-corrected chi connectivity index (χ4v) is 5.63. The molecule has 0 fully saturated rings. The number of para-hydroxylation sites is 1. The number of ether oxygens (including phenoxy) is 1. The van der Waals surface area contributed by atoms with E-state index in [9.17, 15) is 0 Å². The summed E-state index contributed by atoms with van der Waals surface area (Å²) in [6, 6.07) is 21.9. The molecule has 2 aromatic carbocycles. The van der Waals surface area contributed by atoms with E-state index in [0.717, 1.165) is 12.1 Å². The molecule has 1 aliphatic rings. The Morgan fingerprint density at radius 2 is 1.69 bits per heavy atom. The molecule has 2 atom stereocenters. The summed E-state index contributed by atoms with van der Waals surface area (Å²) < 4.78 is 16.1. The van der Waals surface area contributed by atoms with Crippen molar-refractivity contribution >= 4 is 19.2 Å². The molecular formula is C25H33NO2Si. The van der Waals surface area contributed by atoms with Crippen molar-refractivity contribution in [3.05, 3.63) is 71.9 Å². The highest BCUT2D eigenvalue weighted by atomic mass is 28.4. The van der Waals surface area contributed by atoms with Gasteiger partial charge in [0.15, 0.2) is 8.32 Å². The number of benzene rings is 2. The monoisotopic (exact) mass is 407 g/mol. The molecule has 0 saturated carbocycles. The third kappa shape index (κ3) is 3.37. The van der Waals surface area contributed by atoms with E-state index in [0.29, 0.717) is 6.61 Å². The molecule has 0 saturated heterocycles. The maximum Gasteiger partial charge on any atom is 0.203 e. The normalized spacial score (nSPS) is 22.2. The van der Waals surface area contributed by atoms with Crippen molar-refractivity contribution in [2.45, 2.75) is 64.1 Å². The number of aromatic nitrogens is 1. The van der Waals surface area contributed by atoms with Crippen molar-refractivity contribution in [1.29, 1.82) is 0 Å². The zero-order valence-corrected chi connectivity index (χ0v) is 19.5. The average molecular weight is 408 g/mol. The fourth-order valence-electron chi connectivity index (χ4n) is 4.25. The van der Waals surface area contributed by atoms with Crippen LogP contribution in [0, 0.1) is 0 Å². The number of hydrogen-bond donors (Lipinski definition) is 0. The Morgan fingerprint density at radius 1 is 1.03 bits per heavy atom. The van der Waals surface area contributed by atoms with Crippen LogP contribution in [0.5, 0.6) is 0 Å². The summed E-state index contributed by atoms with van der Waals surface area (Å²) in [4.78, 5) is 0. The van der Waals surface area contributed by atoms with E-state index in [1.807, 2.05) is 0 Å². The van der Waals surface area contributed by atoms with E-state index < -0.39 is 14.1 Å². The van der Waals surface area contributed by atoms with Gasteiger partial charge in [0.25, 0.3) is 0 Å². The molecule has 4 heteroatoms. The van der Waals surface area contributed by atoms with Gasteiger partial charge < -0.3 is 13.7 Å². The quantitative estimate of drug-likeness (QED) is 0.341. The molecule has 0 N–H and O–H groups in total. The van der Waals surface area contributed by atoms with Crippen molar-refractivity contribution < 1.29 is 9.16 Å². The van der Waals surface area contributed by atoms with Crippen LogP contribution in [0.4, 0.5) is 0 Å². The maximum atomic E-state index is 7.09. The van der Waals surface area contributed by atoms with Crippen LogP contribution in [0.15, 0.2) is 60.7 Å². The Bertz CT molecular complexity index is 1000. The molecule has 1 aliphatic heterocycles. The van der Waals surface area contributed by atoms with Gasteiger partial charge in [0.05, 0.1) is 11.7 Å². The second-order valence-electron chi connectivity index (χ2n) is 9.64. The predicted octanol–water partition coefficient (Wildman–Crippen LogP) is 6.85. The number of rotatable bonds is 5. The Morgan fingerprint density at radius 3 is 2.34 bits per heavy atom. The minimum Gasteiger partial charge on any atom is -0.385 e. The molecule has 0 spiro atoms. The lowest BCUT2D eigenvalue weighted by atomic mass is 10.0. The highest BCUT2D eigenvalue weighted by molar-refractivity contribution is 6.74.